The van der Waals surface area contributed by atoms with E-state index in [0.717, 1.165) is 6.42 Å². The van der Waals surface area contributed by atoms with Crippen LogP contribution < -0.4 is 0 Å². The molecule has 2 aromatic carbocycles. The van der Waals surface area contributed by atoms with Crippen molar-refractivity contribution < 1.29 is 0 Å². The van der Waals surface area contributed by atoms with Crippen molar-refractivity contribution in [3.8, 4) is 0 Å². The van der Waals surface area contributed by atoms with Crippen molar-refractivity contribution in [2.24, 2.45) is 0 Å². The van der Waals surface area contributed by atoms with Crippen LogP contribution in [0.3, 0.4) is 0 Å². The smallest absolute Gasteiger partial charge is 0.00106 e. The first-order chi connectivity index (χ1) is 10.4. The Morgan fingerprint density at radius 3 is 2.23 bits per heavy atom. The molecule has 0 aliphatic heterocycles. The van der Waals surface area contributed by atoms with Crippen molar-refractivity contribution in [2.45, 2.75) is 41.0 Å². The molecule has 3 rings (SSSR count). The molecule has 0 atom stereocenters. The number of benzene rings is 2. The van der Waals surface area contributed by atoms with E-state index < -0.39 is 0 Å². The molecule has 0 N–H and O–H groups in total. The summed E-state index contributed by atoms with van der Waals surface area (Å²) < 4.78 is 0. The predicted octanol–water partition coefficient (Wildman–Crippen LogP) is 5.96. The average molecular weight is 288 g/mol. The second-order valence-corrected chi connectivity index (χ2v) is 6.67. The molecule has 1 aliphatic rings. The minimum Gasteiger partial charge on any atom is -0.0909 e. The van der Waals surface area contributed by atoms with E-state index in [0.29, 0.717) is 0 Å². The van der Waals surface area contributed by atoms with Crippen molar-refractivity contribution in [2.75, 3.05) is 0 Å². The van der Waals surface area contributed by atoms with Crippen LogP contribution in [-0.4, -0.2) is 0 Å². The van der Waals surface area contributed by atoms with E-state index in [1.807, 2.05) is 0 Å². The molecule has 2 aromatic rings. The van der Waals surface area contributed by atoms with E-state index in [2.05, 4.69) is 71.5 Å². The first-order valence-electron chi connectivity index (χ1n) is 7.95. The van der Waals surface area contributed by atoms with E-state index in [4.69, 9.17) is 0 Å². The van der Waals surface area contributed by atoms with Crippen molar-refractivity contribution in [3.05, 3.63) is 81.4 Å². The van der Waals surface area contributed by atoms with Crippen molar-refractivity contribution in [1.82, 2.24) is 0 Å². The van der Waals surface area contributed by atoms with Crippen LogP contribution in [0, 0.1) is 27.7 Å². The van der Waals surface area contributed by atoms with Crippen molar-refractivity contribution >= 4 is 11.1 Å². The molecule has 0 nitrogen and oxygen atoms in total. The van der Waals surface area contributed by atoms with Gasteiger partial charge in [0.25, 0.3) is 0 Å². The summed E-state index contributed by atoms with van der Waals surface area (Å²) in [7, 11) is 0. The number of fused-ring (bicyclic) bond motifs is 1. The van der Waals surface area contributed by atoms with Gasteiger partial charge in [0, 0.05) is 0 Å². The highest BCUT2D eigenvalue weighted by atomic mass is 14.3. The maximum absolute atomic E-state index is 4.38. The van der Waals surface area contributed by atoms with Gasteiger partial charge in [-0.05, 0) is 91.1 Å². The van der Waals surface area contributed by atoms with Gasteiger partial charge < -0.3 is 0 Å². The summed E-state index contributed by atoms with van der Waals surface area (Å²) in [6.45, 7) is 15.3. The number of hydrogen-bond acceptors (Lipinski definition) is 0. The fourth-order valence-corrected chi connectivity index (χ4v) is 3.57. The van der Waals surface area contributed by atoms with Gasteiger partial charge in [-0.2, -0.15) is 0 Å². The molecule has 0 bridgehead atoms. The third kappa shape index (κ3) is 2.33. The second-order valence-electron chi connectivity index (χ2n) is 6.67. The van der Waals surface area contributed by atoms with Crippen LogP contribution in [0.1, 0.15) is 45.9 Å². The first kappa shape index (κ1) is 14.8. The molecule has 0 unspecified atom stereocenters. The molecule has 0 saturated carbocycles. The number of allylic oxidation sites excluding steroid dienone is 3. The lowest BCUT2D eigenvalue weighted by atomic mass is 9.78. The Morgan fingerprint density at radius 1 is 0.818 bits per heavy atom. The Bertz CT molecular complexity index is 816. The molecule has 0 heteroatoms. The minimum atomic E-state index is 1.01. The van der Waals surface area contributed by atoms with Gasteiger partial charge in [-0.1, -0.05) is 42.5 Å². The quantitative estimate of drug-likeness (QED) is 0.607. The molecule has 0 saturated heterocycles. The van der Waals surface area contributed by atoms with Gasteiger partial charge in [-0.3, -0.25) is 0 Å². The van der Waals surface area contributed by atoms with Crippen LogP contribution in [0.5, 0.6) is 0 Å². The Hall–Kier alpha value is -2.08. The standard InChI is InChI=1S/C22H24/c1-13-9-16(4)22-18(6)17(5)21(12-20(22)10-13)19-8-7-14(2)15(3)11-19/h7-11H,6,12H2,1-5H3. The Kier molecular flexibility index (Phi) is 3.56. The summed E-state index contributed by atoms with van der Waals surface area (Å²) in [5.74, 6) is 0. The summed E-state index contributed by atoms with van der Waals surface area (Å²) in [5.41, 5.74) is 13.4. The third-order valence-corrected chi connectivity index (χ3v) is 4.99. The highest BCUT2D eigenvalue weighted by Crippen LogP contribution is 2.40. The molecule has 0 heterocycles. The number of aryl methyl sites for hydroxylation is 4. The van der Waals surface area contributed by atoms with E-state index >= 15 is 0 Å². The van der Waals surface area contributed by atoms with Gasteiger partial charge >= 0.3 is 0 Å². The van der Waals surface area contributed by atoms with Gasteiger partial charge in [0.2, 0.25) is 0 Å². The molecule has 22 heavy (non-hydrogen) atoms. The fourth-order valence-electron chi connectivity index (χ4n) is 3.57. The van der Waals surface area contributed by atoms with Gasteiger partial charge in [0.1, 0.15) is 0 Å². The maximum atomic E-state index is 4.38. The molecular weight excluding hydrogens is 264 g/mol. The molecular formula is C22H24. The van der Waals surface area contributed by atoms with Gasteiger partial charge in [0.05, 0.1) is 0 Å². The second kappa shape index (κ2) is 5.28. The zero-order valence-electron chi connectivity index (χ0n) is 14.3. The lowest BCUT2D eigenvalue weighted by Gasteiger charge is -2.26. The summed E-state index contributed by atoms with van der Waals surface area (Å²) in [4.78, 5) is 0. The topological polar surface area (TPSA) is 0 Å². The molecule has 0 fully saturated rings. The van der Waals surface area contributed by atoms with Crippen LogP contribution in [0.15, 0.2) is 42.5 Å². The van der Waals surface area contributed by atoms with Crippen LogP contribution in [0.25, 0.3) is 11.1 Å². The highest BCUT2D eigenvalue weighted by molar-refractivity contribution is 5.94. The highest BCUT2D eigenvalue weighted by Gasteiger charge is 2.21. The Labute approximate surface area is 134 Å². The van der Waals surface area contributed by atoms with Crippen molar-refractivity contribution in [3.63, 3.8) is 0 Å². The number of rotatable bonds is 1. The third-order valence-electron chi connectivity index (χ3n) is 4.99. The van der Waals surface area contributed by atoms with Crippen LogP contribution >= 0.6 is 0 Å². The fraction of sp³-hybridized carbons (Fsp3) is 0.273. The molecule has 0 spiro atoms. The number of hydrogen-bond donors (Lipinski definition) is 0. The lowest BCUT2D eigenvalue weighted by Crippen LogP contribution is -2.08. The lowest BCUT2D eigenvalue weighted by molar-refractivity contribution is 1.16. The van der Waals surface area contributed by atoms with Gasteiger partial charge in [0.15, 0.2) is 0 Å². The Balaban J connectivity index is 2.16. The van der Waals surface area contributed by atoms with E-state index in [1.165, 1.54) is 55.7 Å². The summed E-state index contributed by atoms with van der Waals surface area (Å²) in [6.07, 6.45) is 1.01. The molecule has 0 amide bonds. The van der Waals surface area contributed by atoms with E-state index in [9.17, 15) is 0 Å². The predicted molar refractivity (Wildman–Crippen MR) is 97.2 cm³/mol. The van der Waals surface area contributed by atoms with E-state index in [1.54, 1.807) is 0 Å². The molecule has 112 valence electrons. The van der Waals surface area contributed by atoms with Crippen LogP contribution in [0.4, 0.5) is 0 Å². The zero-order chi connectivity index (χ0) is 16.0. The normalized spacial score (nSPS) is 14.3. The minimum absolute atomic E-state index is 1.01. The Morgan fingerprint density at radius 2 is 1.55 bits per heavy atom. The zero-order valence-corrected chi connectivity index (χ0v) is 14.3. The first-order valence-corrected chi connectivity index (χ1v) is 7.95. The summed E-state index contributed by atoms with van der Waals surface area (Å²) in [6, 6.07) is 11.4. The van der Waals surface area contributed by atoms with Crippen LogP contribution in [0.2, 0.25) is 0 Å². The summed E-state index contributed by atoms with van der Waals surface area (Å²) >= 11 is 0. The molecule has 0 aromatic heterocycles. The molecule has 0 radical (unpaired) electrons. The largest absolute Gasteiger partial charge is 0.0909 e. The van der Waals surface area contributed by atoms with Crippen LogP contribution in [-0.2, 0) is 6.42 Å². The molecule has 1 aliphatic carbocycles. The van der Waals surface area contributed by atoms with Crippen molar-refractivity contribution in [1.29, 1.82) is 0 Å². The van der Waals surface area contributed by atoms with Gasteiger partial charge in [-0.15, -0.1) is 0 Å². The SMILES string of the molecule is C=C1C(C)=C(c2ccc(C)c(C)c2)Cc2cc(C)cc(C)c21. The monoisotopic (exact) mass is 288 g/mol. The average Bonchev–Trinajstić information content (AvgIpc) is 2.45. The summed E-state index contributed by atoms with van der Waals surface area (Å²) in [5, 5.41) is 0. The van der Waals surface area contributed by atoms with Gasteiger partial charge in [-0.25, -0.2) is 0 Å². The maximum Gasteiger partial charge on any atom is -0.00106 e. The van der Waals surface area contributed by atoms with E-state index in [-0.39, 0.29) is 0 Å².